The second kappa shape index (κ2) is 9.70. The molecule has 5 nitrogen and oxygen atoms in total. The Bertz CT molecular complexity index is 761. The fourth-order valence-electron chi connectivity index (χ4n) is 1.82. The minimum atomic E-state index is 0. The summed E-state index contributed by atoms with van der Waals surface area (Å²) in [7, 11) is 0. The molecule has 3 rings (SSSR count). The summed E-state index contributed by atoms with van der Waals surface area (Å²) in [5, 5.41) is 0.863. The van der Waals surface area contributed by atoms with Gasteiger partial charge in [0.15, 0.2) is 0 Å². The summed E-state index contributed by atoms with van der Waals surface area (Å²) in [6.07, 6.45) is 3.34. The van der Waals surface area contributed by atoms with Gasteiger partial charge in [0.2, 0.25) is 0 Å². The molecule has 0 atom stereocenters. The standard InChI is InChI=1S/C15H9Cl2N3.2H2O.Pt/c16-10-7-9-19-15(14(10)17)13-6-3-5-12(20-13)11-4-1-2-8-18-11;;;/h1-9H;2*1H2;. The van der Waals surface area contributed by atoms with Crippen molar-refractivity contribution in [2.24, 2.45) is 0 Å². The van der Waals surface area contributed by atoms with E-state index in [9.17, 15) is 0 Å². The van der Waals surface area contributed by atoms with Gasteiger partial charge >= 0.3 is 0 Å². The third-order valence-corrected chi connectivity index (χ3v) is 3.56. The predicted octanol–water partition coefficient (Wildman–Crippen LogP) is 2.86. The monoisotopic (exact) mass is 532 g/mol. The number of hydrogen-bond donors (Lipinski definition) is 0. The molecular formula is C15H13Cl2N3O2Pt. The SMILES string of the molecule is Clc1ccnc(-c2cccc(-c3ccccn3)n2)c1Cl.O.O.[Pt]. The van der Waals surface area contributed by atoms with Crippen LogP contribution < -0.4 is 0 Å². The Kier molecular flexibility index (Phi) is 9.13. The van der Waals surface area contributed by atoms with Gasteiger partial charge in [0.1, 0.15) is 5.69 Å². The number of aromatic nitrogens is 3. The van der Waals surface area contributed by atoms with Crippen molar-refractivity contribution in [3.63, 3.8) is 0 Å². The van der Waals surface area contributed by atoms with Crippen LogP contribution in [-0.4, -0.2) is 25.9 Å². The summed E-state index contributed by atoms with van der Waals surface area (Å²) in [5.74, 6) is 0. The van der Waals surface area contributed by atoms with Gasteiger partial charge in [0, 0.05) is 33.5 Å². The van der Waals surface area contributed by atoms with Gasteiger partial charge in [-0.1, -0.05) is 35.3 Å². The molecule has 0 spiro atoms. The van der Waals surface area contributed by atoms with E-state index in [2.05, 4.69) is 15.0 Å². The summed E-state index contributed by atoms with van der Waals surface area (Å²) in [6.45, 7) is 0. The van der Waals surface area contributed by atoms with E-state index in [1.807, 2.05) is 36.4 Å². The average molecular weight is 533 g/mol. The minimum Gasteiger partial charge on any atom is -0.412 e. The van der Waals surface area contributed by atoms with E-state index in [1.165, 1.54) is 0 Å². The van der Waals surface area contributed by atoms with Crippen LogP contribution in [-0.2, 0) is 21.1 Å². The van der Waals surface area contributed by atoms with Crippen LogP contribution in [0.4, 0.5) is 0 Å². The number of nitrogens with zero attached hydrogens (tertiary/aromatic N) is 3. The largest absolute Gasteiger partial charge is 0.412 e. The van der Waals surface area contributed by atoms with Crippen LogP contribution in [0.15, 0.2) is 54.9 Å². The molecule has 23 heavy (non-hydrogen) atoms. The van der Waals surface area contributed by atoms with Crippen LogP contribution in [0.25, 0.3) is 22.8 Å². The first kappa shape index (κ1) is 21.6. The second-order valence-electron chi connectivity index (χ2n) is 4.08. The van der Waals surface area contributed by atoms with Gasteiger partial charge < -0.3 is 11.0 Å². The normalized spacial score (nSPS) is 9.13. The van der Waals surface area contributed by atoms with Crippen LogP contribution in [0.1, 0.15) is 0 Å². The van der Waals surface area contributed by atoms with Gasteiger partial charge in [0.05, 0.1) is 27.1 Å². The fraction of sp³-hybridized carbons (Fsp3) is 0. The number of rotatable bonds is 2. The minimum absolute atomic E-state index is 0. The van der Waals surface area contributed by atoms with Gasteiger partial charge in [-0.25, -0.2) is 4.98 Å². The van der Waals surface area contributed by atoms with Crippen molar-refractivity contribution in [2.45, 2.75) is 0 Å². The zero-order valence-electron chi connectivity index (χ0n) is 11.6. The van der Waals surface area contributed by atoms with E-state index < -0.39 is 0 Å². The van der Waals surface area contributed by atoms with Gasteiger partial charge in [-0.3, -0.25) is 9.97 Å². The van der Waals surface area contributed by atoms with Crippen molar-refractivity contribution in [2.75, 3.05) is 0 Å². The second-order valence-corrected chi connectivity index (χ2v) is 4.86. The van der Waals surface area contributed by atoms with Crippen molar-refractivity contribution < 1.29 is 32.0 Å². The molecule has 0 amide bonds. The molecule has 0 saturated carbocycles. The molecule has 0 radical (unpaired) electrons. The van der Waals surface area contributed by atoms with Crippen molar-refractivity contribution in [3.05, 3.63) is 64.9 Å². The Morgan fingerprint density at radius 1 is 0.696 bits per heavy atom. The maximum Gasteiger partial charge on any atom is 0.109 e. The molecule has 0 fully saturated rings. The van der Waals surface area contributed by atoms with Gasteiger partial charge in [-0.05, 0) is 30.3 Å². The van der Waals surface area contributed by atoms with Gasteiger partial charge in [-0.15, -0.1) is 0 Å². The molecule has 3 aromatic heterocycles. The molecule has 3 heterocycles. The zero-order chi connectivity index (χ0) is 13.9. The summed E-state index contributed by atoms with van der Waals surface area (Å²) in [5.41, 5.74) is 2.80. The maximum atomic E-state index is 6.18. The van der Waals surface area contributed by atoms with E-state index in [4.69, 9.17) is 23.2 Å². The molecule has 0 aliphatic carbocycles. The molecule has 0 aliphatic rings. The van der Waals surface area contributed by atoms with E-state index >= 15 is 0 Å². The van der Waals surface area contributed by atoms with Crippen molar-refractivity contribution >= 4 is 23.2 Å². The molecule has 0 unspecified atom stereocenters. The Hall–Kier alpha value is -1.36. The summed E-state index contributed by atoms with van der Waals surface area (Å²) < 4.78 is 0. The van der Waals surface area contributed by atoms with Crippen LogP contribution in [0.3, 0.4) is 0 Å². The van der Waals surface area contributed by atoms with E-state index in [-0.39, 0.29) is 32.0 Å². The molecule has 124 valence electrons. The topological polar surface area (TPSA) is 102 Å². The molecule has 0 aliphatic heterocycles. The first-order chi connectivity index (χ1) is 9.75. The van der Waals surface area contributed by atoms with E-state index in [1.54, 1.807) is 18.5 Å². The summed E-state index contributed by atoms with van der Waals surface area (Å²) in [6, 6.07) is 13.0. The molecule has 0 saturated heterocycles. The molecule has 0 bridgehead atoms. The summed E-state index contributed by atoms with van der Waals surface area (Å²) in [4.78, 5) is 13.1. The number of hydrogen-bond acceptors (Lipinski definition) is 3. The Balaban J connectivity index is 0.00000161. The van der Waals surface area contributed by atoms with Crippen LogP contribution in [0.2, 0.25) is 10.0 Å². The smallest absolute Gasteiger partial charge is 0.109 e. The van der Waals surface area contributed by atoms with E-state index in [0.717, 1.165) is 11.4 Å². The number of pyridine rings is 3. The van der Waals surface area contributed by atoms with Crippen molar-refractivity contribution in [3.8, 4) is 22.8 Å². The van der Waals surface area contributed by atoms with Crippen molar-refractivity contribution in [1.82, 2.24) is 15.0 Å². The molecule has 4 N–H and O–H groups in total. The predicted molar refractivity (Wildman–Crippen MR) is 87.9 cm³/mol. The first-order valence-electron chi connectivity index (χ1n) is 5.94. The van der Waals surface area contributed by atoms with Gasteiger partial charge in [-0.2, -0.15) is 0 Å². The quantitative estimate of drug-likeness (QED) is 0.507. The molecule has 3 aromatic rings. The van der Waals surface area contributed by atoms with Crippen LogP contribution >= 0.6 is 23.2 Å². The first-order valence-corrected chi connectivity index (χ1v) is 6.70. The van der Waals surface area contributed by atoms with E-state index in [0.29, 0.717) is 21.4 Å². The van der Waals surface area contributed by atoms with Crippen LogP contribution in [0, 0.1) is 0 Å². The third-order valence-electron chi connectivity index (χ3n) is 2.76. The van der Waals surface area contributed by atoms with Crippen molar-refractivity contribution in [1.29, 1.82) is 0 Å². The number of halogens is 2. The Morgan fingerprint density at radius 3 is 2.09 bits per heavy atom. The average Bonchev–Trinajstić information content (AvgIpc) is 2.51. The van der Waals surface area contributed by atoms with Gasteiger partial charge in [0.25, 0.3) is 0 Å². The zero-order valence-corrected chi connectivity index (χ0v) is 15.4. The van der Waals surface area contributed by atoms with Crippen LogP contribution in [0.5, 0.6) is 0 Å². The maximum absolute atomic E-state index is 6.18. The summed E-state index contributed by atoms with van der Waals surface area (Å²) >= 11 is 12.2. The third kappa shape index (κ3) is 4.80. The Labute approximate surface area is 157 Å². The fourth-order valence-corrected chi connectivity index (χ4v) is 2.18. The molecule has 8 heteroatoms. The molecular weight excluding hydrogens is 520 g/mol. The molecule has 0 aromatic carbocycles. The Morgan fingerprint density at radius 2 is 1.39 bits per heavy atom.